The summed E-state index contributed by atoms with van der Waals surface area (Å²) in [6, 6.07) is 0. The number of hydrogen-bond acceptors (Lipinski definition) is 0. The molecule has 72 heavy (non-hydrogen) atoms. The Kier molecular flexibility index (Phi) is 13.0. The van der Waals surface area contributed by atoms with Crippen molar-refractivity contribution in [3.63, 3.8) is 0 Å². The molecule has 0 heterocycles. The van der Waals surface area contributed by atoms with E-state index in [0.29, 0.717) is 0 Å². The van der Waals surface area contributed by atoms with Crippen LogP contribution in [-0.4, -0.2) is 10.2 Å². The average molecular weight is 1090 g/mol. The van der Waals surface area contributed by atoms with Crippen LogP contribution in [0.3, 0.4) is 0 Å². The Morgan fingerprint density at radius 1 is 0.111 bits per heavy atom. The fourth-order valence-corrected chi connectivity index (χ4v) is 7.58. The fourth-order valence-electron chi connectivity index (χ4n) is 7.14. The van der Waals surface area contributed by atoms with E-state index in [1.807, 2.05) is 0 Å². The monoisotopic (exact) mass is 1090 g/mol. The van der Waals surface area contributed by atoms with Crippen molar-refractivity contribution < 1.29 is 127 Å². The van der Waals surface area contributed by atoms with Crippen LogP contribution in [0.15, 0.2) is 0 Å². The maximum absolute atomic E-state index is 16.7. The second kappa shape index (κ2) is 17.8. The average Bonchev–Trinajstić information content (AvgIpc) is 3.34. The van der Waals surface area contributed by atoms with Crippen molar-refractivity contribution in [2.45, 2.75) is 0 Å². The van der Waals surface area contributed by atoms with Gasteiger partial charge in [0.1, 0.15) is 17.5 Å². The Morgan fingerprint density at radius 2 is 0.194 bits per heavy atom. The molecule has 0 nitrogen and oxygen atoms in total. The minimum Gasteiger partial charge on any atom is -0.205 e. The highest BCUT2D eigenvalue weighted by atomic mass is 28.1. The van der Waals surface area contributed by atoms with Crippen LogP contribution in [0, 0.1) is 169 Å². The molecule has 0 aliphatic carbocycles. The quantitative estimate of drug-likeness (QED) is 0.0674. The zero-order chi connectivity index (χ0) is 54.2. The van der Waals surface area contributed by atoms with Gasteiger partial charge in [0.2, 0.25) is 11.6 Å². The third-order valence-corrected chi connectivity index (χ3v) is 11.4. The highest BCUT2D eigenvalue weighted by Crippen LogP contribution is 2.51. The van der Waals surface area contributed by atoms with Gasteiger partial charge in [-0.05, 0) is 0 Å². The van der Waals surface area contributed by atoms with E-state index in [1.165, 1.54) is 0 Å². The standard InChI is InChI=1S/C42H3F29Si/c43-13-1(4-16(46)22(52)7(23(53)17(4)47)10-28(58)34(64)38(68)35(65)29(10)59)14(44)3(6-20(50)26(56)9(27(57)21(6)51)12-32(62)40(70)42(72)41(71)33(12)63)15(45)2(13)5-18(48)24(54)8(25(55)19(5)49)11-30(60)36(66)39(69)37(67)31(11)61/h72H3. The molecule has 0 aliphatic rings. The third kappa shape index (κ3) is 7.00. The molecule has 378 valence electrons. The third-order valence-electron chi connectivity index (χ3n) is 10.5. The van der Waals surface area contributed by atoms with Gasteiger partial charge in [-0.15, -0.1) is 0 Å². The molecule has 7 aromatic rings. The van der Waals surface area contributed by atoms with Crippen LogP contribution in [0.2, 0.25) is 0 Å². The van der Waals surface area contributed by atoms with Gasteiger partial charge in [-0.25, -0.2) is 127 Å². The van der Waals surface area contributed by atoms with Crippen molar-refractivity contribution in [2.24, 2.45) is 0 Å². The minimum absolute atomic E-state index is 0.975. The molecule has 0 spiro atoms. The Labute approximate surface area is 378 Å². The summed E-state index contributed by atoms with van der Waals surface area (Å²) in [5.74, 6) is -97.3. The molecule has 0 aromatic heterocycles. The van der Waals surface area contributed by atoms with Gasteiger partial charge in [-0.3, -0.25) is 0 Å². The van der Waals surface area contributed by atoms with Crippen LogP contribution >= 0.6 is 0 Å². The molecule has 0 atom stereocenters. The number of hydrogen-bond donors (Lipinski definition) is 0. The van der Waals surface area contributed by atoms with E-state index in [0.717, 1.165) is 0 Å². The Morgan fingerprint density at radius 3 is 0.333 bits per heavy atom. The predicted octanol–water partition coefficient (Wildman–Crippen LogP) is 13.7. The number of benzene rings is 7. The summed E-state index contributed by atoms with van der Waals surface area (Å²) >= 11 is 0. The Hall–Kier alpha value is -7.27. The lowest BCUT2D eigenvalue weighted by atomic mass is 9.87. The van der Waals surface area contributed by atoms with E-state index in [4.69, 9.17) is 0 Å². The lowest BCUT2D eigenvalue weighted by Gasteiger charge is -2.21. The summed E-state index contributed by atoms with van der Waals surface area (Å²) in [6.07, 6.45) is 0. The van der Waals surface area contributed by atoms with Gasteiger partial charge in [0.25, 0.3) is 0 Å². The molecule has 30 heteroatoms. The van der Waals surface area contributed by atoms with Gasteiger partial charge in [0.05, 0.1) is 66.8 Å². The predicted molar refractivity (Wildman–Crippen MR) is 187 cm³/mol. The first-order valence-corrected chi connectivity index (χ1v) is 19.0. The van der Waals surface area contributed by atoms with Crippen LogP contribution in [0.4, 0.5) is 127 Å². The van der Waals surface area contributed by atoms with Gasteiger partial charge in [0.15, 0.2) is 140 Å². The molecule has 0 saturated heterocycles. The zero-order valence-electron chi connectivity index (χ0n) is 33.0. The molecule has 0 aliphatic heterocycles. The van der Waals surface area contributed by atoms with Gasteiger partial charge in [-0.2, -0.15) is 0 Å². The van der Waals surface area contributed by atoms with Crippen molar-refractivity contribution in [3.8, 4) is 66.8 Å². The van der Waals surface area contributed by atoms with Crippen LogP contribution in [-0.2, 0) is 0 Å². The molecule has 7 rings (SSSR count). The van der Waals surface area contributed by atoms with Crippen molar-refractivity contribution in [1.29, 1.82) is 0 Å². The second-order valence-electron chi connectivity index (χ2n) is 14.2. The first-order chi connectivity index (χ1) is 33.3. The lowest BCUT2D eigenvalue weighted by molar-refractivity contribution is 0.379. The smallest absolute Gasteiger partial charge is 0.200 e. The maximum atomic E-state index is 16.7. The van der Waals surface area contributed by atoms with E-state index in [1.54, 1.807) is 0 Å². The van der Waals surface area contributed by atoms with Crippen molar-refractivity contribution in [1.82, 2.24) is 0 Å². The maximum Gasteiger partial charge on any atom is 0.200 e. The molecule has 0 bridgehead atoms. The largest absolute Gasteiger partial charge is 0.205 e. The van der Waals surface area contributed by atoms with E-state index < -0.39 is 251 Å². The van der Waals surface area contributed by atoms with Crippen molar-refractivity contribution in [3.05, 3.63) is 169 Å². The molecule has 0 fully saturated rings. The zero-order valence-corrected chi connectivity index (χ0v) is 35.0. The summed E-state index contributed by atoms with van der Waals surface area (Å²) in [5, 5.41) is -1.50. The van der Waals surface area contributed by atoms with Gasteiger partial charge < -0.3 is 0 Å². The van der Waals surface area contributed by atoms with Crippen molar-refractivity contribution >= 4 is 15.4 Å². The molecule has 7 aromatic carbocycles. The molecule has 0 saturated carbocycles. The summed E-state index contributed by atoms with van der Waals surface area (Å²) in [7, 11) is -0.975. The lowest BCUT2D eigenvalue weighted by Crippen LogP contribution is -2.20. The SMILES string of the molecule is Fc1c(F)c(F)c(-c2c(F)c(F)c(-c3c(F)c(-c4c(F)c(F)c(-c5c(F)c(F)c(F)c(F)c5F)c(F)c4F)c(F)c(-c4c(F)c(F)c(-c5c(F)c(F)c([SiH3])c(F)c5F)c(F)c4F)c3F)c(F)c2F)c(F)c1F. The molecule has 0 unspecified atom stereocenters. The van der Waals surface area contributed by atoms with Crippen molar-refractivity contribution in [2.75, 3.05) is 0 Å². The topological polar surface area (TPSA) is 0 Å². The highest BCUT2D eigenvalue weighted by Gasteiger charge is 2.43. The van der Waals surface area contributed by atoms with Crippen LogP contribution < -0.4 is 5.19 Å². The summed E-state index contributed by atoms with van der Waals surface area (Å²) in [5.41, 5.74) is -38.1. The molecular weight excluding hydrogens is 1080 g/mol. The summed E-state index contributed by atoms with van der Waals surface area (Å²) in [4.78, 5) is 0. The first-order valence-electron chi connectivity index (χ1n) is 18.0. The van der Waals surface area contributed by atoms with E-state index in [9.17, 15) is 61.5 Å². The fraction of sp³-hybridized carbons (Fsp3) is 0. The Bertz CT molecular complexity index is 3070. The van der Waals surface area contributed by atoms with Gasteiger partial charge in [0, 0.05) is 15.4 Å². The van der Waals surface area contributed by atoms with Crippen LogP contribution in [0.5, 0.6) is 0 Å². The second-order valence-corrected chi connectivity index (χ2v) is 15.2. The summed E-state index contributed by atoms with van der Waals surface area (Å²) < 4.78 is 441. The van der Waals surface area contributed by atoms with Crippen LogP contribution in [0.1, 0.15) is 0 Å². The highest BCUT2D eigenvalue weighted by molar-refractivity contribution is 6.32. The Balaban J connectivity index is 1.70. The molecule has 0 amide bonds. The first kappa shape index (κ1) is 52.5. The number of halogens is 29. The molecule has 0 N–H and O–H groups in total. The minimum atomic E-state index is -3.74. The van der Waals surface area contributed by atoms with Gasteiger partial charge in [-0.1, -0.05) is 0 Å². The molecule has 0 radical (unpaired) electrons. The van der Waals surface area contributed by atoms with Gasteiger partial charge >= 0.3 is 0 Å². The van der Waals surface area contributed by atoms with E-state index in [-0.39, 0.29) is 0 Å². The summed E-state index contributed by atoms with van der Waals surface area (Å²) in [6.45, 7) is 0. The molecular formula is C42H3F29Si. The van der Waals surface area contributed by atoms with E-state index in [2.05, 4.69) is 0 Å². The number of rotatable bonds is 6. The van der Waals surface area contributed by atoms with E-state index >= 15 is 65.9 Å². The normalized spacial score (nSPS) is 11.8. The van der Waals surface area contributed by atoms with Crippen LogP contribution in [0.25, 0.3) is 66.8 Å².